The molecule has 0 radical (unpaired) electrons. The minimum absolute atomic E-state index is 0.0181. The van der Waals surface area contributed by atoms with E-state index in [1.165, 1.54) is 26.9 Å². The molecule has 9 nitrogen and oxygen atoms in total. The van der Waals surface area contributed by atoms with Crippen LogP contribution in [0.15, 0.2) is 36.4 Å². The first-order chi connectivity index (χ1) is 15.2. The number of hydrogen-bond donors (Lipinski definition) is 0. The van der Waals surface area contributed by atoms with Gasteiger partial charge in [0.05, 0.1) is 60.5 Å². The van der Waals surface area contributed by atoms with Crippen molar-refractivity contribution in [2.24, 2.45) is 0 Å². The van der Waals surface area contributed by atoms with Crippen LogP contribution in [0.4, 0.5) is 0 Å². The van der Waals surface area contributed by atoms with E-state index in [-0.39, 0.29) is 25.8 Å². The lowest BCUT2D eigenvalue weighted by atomic mass is 10.0. The number of carbonyl (C=O) groups excluding carboxylic acids is 3. The molecule has 176 valence electrons. The van der Waals surface area contributed by atoms with Gasteiger partial charge in [-0.3, -0.25) is 29.1 Å². The van der Waals surface area contributed by atoms with Gasteiger partial charge in [-0.25, -0.2) is 0 Å². The molecule has 0 spiro atoms. The number of ether oxygens (including phenoxy) is 3. The first kappa shape index (κ1) is 25.5. The third-order valence-electron chi connectivity index (χ3n) is 5.25. The molecule has 1 saturated heterocycles. The Hall–Kier alpha value is -2.75. The second-order valence-corrected chi connectivity index (χ2v) is 7.97. The van der Waals surface area contributed by atoms with Crippen LogP contribution in [0.5, 0.6) is 0 Å². The number of methoxy groups -OCH3 is 3. The smallest absolute Gasteiger partial charge is 0.319 e. The van der Waals surface area contributed by atoms with Crippen LogP contribution in [-0.2, 0) is 41.4 Å². The lowest BCUT2D eigenvalue weighted by molar-refractivity contribution is -0.158. The maximum absolute atomic E-state index is 12.1. The number of hydrogen-bond acceptors (Lipinski definition) is 9. The van der Waals surface area contributed by atoms with E-state index in [2.05, 4.69) is 18.7 Å². The summed E-state index contributed by atoms with van der Waals surface area (Å²) in [7, 11) is 3.99. The van der Waals surface area contributed by atoms with Crippen molar-refractivity contribution in [3.8, 4) is 0 Å². The number of carbonyl (C=O) groups is 3. The molecule has 0 N–H and O–H groups in total. The summed E-state index contributed by atoms with van der Waals surface area (Å²) >= 11 is 0. The molecule has 0 aromatic heterocycles. The Kier molecular flexibility index (Phi) is 9.83. The molecule has 2 rings (SSSR count). The van der Waals surface area contributed by atoms with Gasteiger partial charge in [0.25, 0.3) is 0 Å². The number of rotatable bonds is 10. The number of benzene rings is 1. The van der Waals surface area contributed by atoms with E-state index < -0.39 is 17.9 Å². The van der Waals surface area contributed by atoms with E-state index in [1.807, 2.05) is 33.8 Å². The Morgan fingerprint density at radius 2 is 1.28 bits per heavy atom. The van der Waals surface area contributed by atoms with Crippen molar-refractivity contribution in [2.45, 2.75) is 25.9 Å². The van der Waals surface area contributed by atoms with Gasteiger partial charge < -0.3 is 14.2 Å². The standard InChI is InChI=1S/C23H33N3O6/c1-17(2)10-18-6-8-19(9-7-18)11-20-25(13-22(28)31-4)15-24(12-21(27)30-3)16-26(20)14-23(29)32-5/h6-9,20H,1,10-16H2,2-5H3. The summed E-state index contributed by atoms with van der Waals surface area (Å²) in [4.78, 5) is 41.6. The average molecular weight is 448 g/mol. The van der Waals surface area contributed by atoms with Crippen LogP contribution >= 0.6 is 0 Å². The normalized spacial score (nSPS) is 15.9. The maximum Gasteiger partial charge on any atom is 0.319 e. The Morgan fingerprint density at radius 3 is 1.72 bits per heavy atom. The van der Waals surface area contributed by atoms with E-state index in [0.29, 0.717) is 19.8 Å². The van der Waals surface area contributed by atoms with Gasteiger partial charge in [0.2, 0.25) is 0 Å². The molecule has 32 heavy (non-hydrogen) atoms. The molecule has 0 aliphatic carbocycles. The lowest BCUT2D eigenvalue weighted by Gasteiger charge is -2.47. The summed E-state index contributed by atoms with van der Waals surface area (Å²) in [6.45, 7) is 6.71. The van der Waals surface area contributed by atoms with Crippen molar-refractivity contribution in [3.05, 3.63) is 47.5 Å². The number of allylic oxidation sites excluding steroid dienone is 1. The molecule has 1 aliphatic rings. The van der Waals surface area contributed by atoms with Gasteiger partial charge >= 0.3 is 17.9 Å². The average Bonchev–Trinajstić information content (AvgIpc) is 2.76. The fourth-order valence-corrected chi connectivity index (χ4v) is 3.71. The molecule has 1 heterocycles. The highest BCUT2D eigenvalue weighted by atomic mass is 16.5. The molecule has 1 aromatic carbocycles. The molecule has 0 unspecified atom stereocenters. The molecule has 9 heteroatoms. The van der Waals surface area contributed by atoms with Gasteiger partial charge in [-0.2, -0.15) is 0 Å². The Balaban J connectivity index is 2.28. The molecular formula is C23H33N3O6. The van der Waals surface area contributed by atoms with Gasteiger partial charge in [0.1, 0.15) is 0 Å². The molecule has 0 bridgehead atoms. The Bertz CT molecular complexity index is 782. The molecule has 1 aliphatic heterocycles. The predicted molar refractivity (Wildman–Crippen MR) is 118 cm³/mol. The van der Waals surface area contributed by atoms with E-state index in [4.69, 9.17) is 14.2 Å². The van der Waals surface area contributed by atoms with Crippen LogP contribution in [0.3, 0.4) is 0 Å². The summed E-state index contributed by atoms with van der Waals surface area (Å²) in [5, 5.41) is 0. The second-order valence-electron chi connectivity index (χ2n) is 7.97. The van der Waals surface area contributed by atoms with Crippen LogP contribution < -0.4 is 0 Å². The summed E-state index contributed by atoms with van der Waals surface area (Å²) in [6.07, 6.45) is 1.12. The second kappa shape index (κ2) is 12.3. The van der Waals surface area contributed by atoms with Crippen molar-refractivity contribution in [2.75, 3.05) is 54.3 Å². The number of esters is 3. The van der Waals surface area contributed by atoms with Crippen LogP contribution in [0.2, 0.25) is 0 Å². The highest BCUT2D eigenvalue weighted by Crippen LogP contribution is 2.20. The topological polar surface area (TPSA) is 88.6 Å². The zero-order chi connectivity index (χ0) is 23.7. The van der Waals surface area contributed by atoms with Crippen molar-refractivity contribution < 1.29 is 28.6 Å². The molecule has 0 atom stereocenters. The fraction of sp³-hybridized carbons (Fsp3) is 0.522. The van der Waals surface area contributed by atoms with Gasteiger partial charge in [-0.15, -0.1) is 0 Å². The van der Waals surface area contributed by atoms with Gasteiger partial charge in [0.15, 0.2) is 0 Å². The van der Waals surface area contributed by atoms with Crippen LogP contribution in [0.25, 0.3) is 0 Å². The number of nitrogens with zero attached hydrogens (tertiary/aromatic N) is 3. The zero-order valence-corrected chi connectivity index (χ0v) is 19.3. The zero-order valence-electron chi connectivity index (χ0n) is 19.3. The van der Waals surface area contributed by atoms with Crippen LogP contribution in [-0.4, -0.2) is 93.1 Å². The van der Waals surface area contributed by atoms with Gasteiger partial charge in [-0.1, -0.05) is 36.4 Å². The van der Waals surface area contributed by atoms with Crippen molar-refractivity contribution in [3.63, 3.8) is 0 Å². The van der Waals surface area contributed by atoms with Crippen LogP contribution in [0, 0.1) is 0 Å². The van der Waals surface area contributed by atoms with E-state index in [0.717, 1.165) is 17.6 Å². The minimum Gasteiger partial charge on any atom is -0.468 e. The monoisotopic (exact) mass is 447 g/mol. The van der Waals surface area contributed by atoms with E-state index in [1.54, 1.807) is 0 Å². The van der Waals surface area contributed by atoms with Crippen molar-refractivity contribution in [1.29, 1.82) is 0 Å². The van der Waals surface area contributed by atoms with E-state index >= 15 is 0 Å². The Labute approximate surface area is 189 Å². The van der Waals surface area contributed by atoms with Gasteiger partial charge in [0, 0.05) is 6.42 Å². The van der Waals surface area contributed by atoms with Crippen molar-refractivity contribution >= 4 is 17.9 Å². The van der Waals surface area contributed by atoms with Crippen LogP contribution in [0.1, 0.15) is 18.1 Å². The molecule has 0 saturated carbocycles. The first-order valence-electron chi connectivity index (χ1n) is 10.4. The fourth-order valence-electron chi connectivity index (χ4n) is 3.71. The summed E-state index contributed by atoms with van der Waals surface area (Å²) in [6, 6.07) is 8.22. The maximum atomic E-state index is 12.1. The predicted octanol–water partition coefficient (Wildman–Crippen LogP) is 1.03. The summed E-state index contributed by atoms with van der Waals surface area (Å²) in [5.74, 6) is -1.19. The SMILES string of the molecule is C=C(C)Cc1ccc(CC2N(CC(=O)OC)CN(CC(=O)OC)CN2CC(=O)OC)cc1. The quantitative estimate of drug-likeness (QED) is 0.296. The van der Waals surface area contributed by atoms with E-state index in [9.17, 15) is 14.4 Å². The summed E-state index contributed by atoms with van der Waals surface area (Å²) in [5.41, 5.74) is 3.32. The Morgan fingerprint density at radius 1 is 0.844 bits per heavy atom. The lowest BCUT2D eigenvalue weighted by Crippen LogP contribution is -2.64. The molecule has 0 amide bonds. The molecule has 1 aromatic rings. The summed E-state index contributed by atoms with van der Waals surface area (Å²) < 4.78 is 14.5. The van der Waals surface area contributed by atoms with Gasteiger partial charge in [-0.05, 0) is 24.5 Å². The molecular weight excluding hydrogens is 414 g/mol. The minimum atomic E-state index is -0.398. The highest BCUT2D eigenvalue weighted by molar-refractivity contribution is 5.73. The third-order valence-corrected chi connectivity index (χ3v) is 5.25. The first-order valence-corrected chi connectivity index (χ1v) is 10.4. The highest BCUT2D eigenvalue weighted by Gasteiger charge is 2.36. The molecule has 1 fully saturated rings. The largest absolute Gasteiger partial charge is 0.468 e. The third kappa shape index (κ3) is 7.74. The van der Waals surface area contributed by atoms with Crippen molar-refractivity contribution in [1.82, 2.24) is 14.7 Å².